The molecule has 2 heterocycles. The molecular formula is C29H30N4O4S. The topological polar surface area (TPSA) is 111 Å². The molecule has 1 aliphatic rings. The van der Waals surface area contributed by atoms with Gasteiger partial charge in [0.2, 0.25) is 5.91 Å². The Morgan fingerprint density at radius 1 is 1.08 bits per heavy atom. The van der Waals surface area contributed by atoms with E-state index in [0.717, 1.165) is 17.0 Å². The minimum Gasteiger partial charge on any atom is -0.496 e. The molecule has 8 nitrogen and oxygen atoms in total. The third-order valence-corrected chi connectivity index (χ3v) is 8.58. The third-order valence-electron chi connectivity index (χ3n) is 7.19. The van der Waals surface area contributed by atoms with Crippen molar-refractivity contribution >= 4 is 26.8 Å². The second-order valence-corrected chi connectivity index (χ2v) is 11.8. The first-order chi connectivity index (χ1) is 18.1. The van der Waals surface area contributed by atoms with Gasteiger partial charge in [0.05, 0.1) is 34.3 Å². The molecule has 0 aliphatic heterocycles. The number of pyridine rings is 1. The van der Waals surface area contributed by atoms with Crippen LogP contribution in [-0.4, -0.2) is 36.4 Å². The highest BCUT2D eigenvalue weighted by atomic mass is 32.2. The zero-order valence-corrected chi connectivity index (χ0v) is 22.8. The Morgan fingerprint density at radius 2 is 1.87 bits per heavy atom. The molecular weight excluding hydrogens is 500 g/mol. The maximum atomic E-state index is 14.0. The lowest BCUT2D eigenvalue weighted by atomic mass is 9.89. The average molecular weight is 531 g/mol. The van der Waals surface area contributed by atoms with Crippen LogP contribution >= 0.6 is 0 Å². The van der Waals surface area contributed by atoms with Crippen LogP contribution in [0.25, 0.3) is 10.9 Å². The Kier molecular flexibility index (Phi) is 6.43. The highest BCUT2D eigenvalue weighted by molar-refractivity contribution is 7.90. The van der Waals surface area contributed by atoms with Gasteiger partial charge in [-0.25, -0.2) is 13.1 Å². The summed E-state index contributed by atoms with van der Waals surface area (Å²) in [5.74, 6) is -0.260. The lowest BCUT2D eigenvalue weighted by molar-refractivity contribution is -0.122. The number of hydrogen-bond acceptors (Lipinski definition) is 7. The zero-order valence-electron chi connectivity index (χ0n) is 22.0. The molecule has 0 radical (unpaired) electrons. The van der Waals surface area contributed by atoms with Crippen LogP contribution < -0.4 is 9.46 Å². The summed E-state index contributed by atoms with van der Waals surface area (Å²) < 4.78 is 35.2. The minimum atomic E-state index is -4.22. The first kappa shape index (κ1) is 25.8. The molecule has 0 saturated heterocycles. The molecule has 1 saturated carbocycles. The largest absolute Gasteiger partial charge is 0.496 e. The number of carbonyl (C=O) groups is 1. The van der Waals surface area contributed by atoms with E-state index in [9.17, 15) is 13.2 Å². The zero-order chi connectivity index (χ0) is 27.2. The van der Waals surface area contributed by atoms with E-state index in [1.807, 2.05) is 39.8 Å². The molecule has 2 aromatic carbocycles. The van der Waals surface area contributed by atoms with Crippen LogP contribution in [0.2, 0.25) is 0 Å². The number of rotatable bonds is 7. The van der Waals surface area contributed by atoms with Crippen molar-refractivity contribution in [3.63, 3.8) is 0 Å². The number of hydrogen-bond donors (Lipinski definition) is 1. The van der Waals surface area contributed by atoms with Crippen LogP contribution in [0, 0.1) is 13.8 Å². The Bertz CT molecular complexity index is 1650. The standard InChI is InChI=1S/C29H30N4O4S/c1-17(2)24-15-31-25(16-30-24)22-14-29(22,21-13-18(3)9-12-26(21)37-5)28(34)33-38(35,36)27-8-6-7-23-20(27)11-10-19(4)32-23/h6-13,15-17,22H,14H2,1-5H3,(H,33,34). The molecule has 0 bridgehead atoms. The van der Waals surface area contributed by atoms with E-state index in [1.54, 1.807) is 42.7 Å². The predicted molar refractivity (Wildman–Crippen MR) is 145 cm³/mol. The summed E-state index contributed by atoms with van der Waals surface area (Å²) in [7, 11) is -2.68. The molecule has 4 aromatic rings. The van der Waals surface area contributed by atoms with Crippen molar-refractivity contribution in [2.24, 2.45) is 0 Å². The van der Waals surface area contributed by atoms with Gasteiger partial charge in [-0.2, -0.15) is 0 Å². The molecule has 1 aliphatic carbocycles. The molecule has 0 spiro atoms. The number of ether oxygens (including phenoxy) is 1. The number of nitrogens with zero attached hydrogens (tertiary/aromatic N) is 3. The Hall–Kier alpha value is -3.85. The monoisotopic (exact) mass is 530 g/mol. The van der Waals surface area contributed by atoms with Crippen LogP contribution in [0.5, 0.6) is 5.75 Å². The van der Waals surface area contributed by atoms with Crippen molar-refractivity contribution in [2.75, 3.05) is 7.11 Å². The average Bonchev–Trinajstić information content (AvgIpc) is 3.65. The summed E-state index contributed by atoms with van der Waals surface area (Å²) in [5, 5.41) is 0.447. The fourth-order valence-electron chi connectivity index (χ4n) is 5.02. The fraction of sp³-hybridized carbons (Fsp3) is 0.310. The summed E-state index contributed by atoms with van der Waals surface area (Å²) in [6.07, 6.45) is 3.78. The highest BCUT2D eigenvalue weighted by Crippen LogP contribution is 2.62. The van der Waals surface area contributed by atoms with Gasteiger partial charge in [-0.1, -0.05) is 37.6 Å². The van der Waals surface area contributed by atoms with Crippen LogP contribution in [-0.2, 0) is 20.2 Å². The van der Waals surface area contributed by atoms with E-state index in [1.165, 1.54) is 13.2 Å². The maximum Gasteiger partial charge on any atom is 0.264 e. The Morgan fingerprint density at radius 3 is 2.55 bits per heavy atom. The summed E-state index contributed by atoms with van der Waals surface area (Å²) in [6, 6.07) is 13.9. The third kappa shape index (κ3) is 4.41. The number of carbonyl (C=O) groups excluding carboxylic acids is 1. The van der Waals surface area contributed by atoms with Crippen LogP contribution in [0.4, 0.5) is 0 Å². The second kappa shape index (κ2) is 9.47. The van der Waals surface area contributed by atoms with E-state index in [-0.39, 0.29) is 16.7 Å². The molecule has 1 amide bonds. The molecule has 2 aromatic heterocycles. The molecule has 2 atom stereocenters. The van der Waals surface area contributed by atoms with Crippen molar-refractivity contribution in [1.29, 1.82) is 0 Å². The minimum absolute atomic E-state index is 0.000449. The normalized spacial score (nSPS) is 18.9. The van der Waals surface area contributed by atoms with Crippen molar-refractivity contribution in [2.45, 2.75) is 56.3 Å². The van der Waals surface area contributed by atoms with Crippen molar-refractivity contribution in [3.05, 3.63) is 89.1 Å². The van der Waals surface area contributed by atoms with Gasteiger partial charge >= 0.3 is 0 Å². The number of aryl methyl sites for hydroxylation is 2. The number of methoxy groups -OCH3 is 1. The molecule has 2 unspecified atom stereocenters. The summed E-state index contributed by atoms with van der Waals surface area (Å²) in [4.78, 5) is 27.6. The number of sulfonamides is 1. The van der Waals surface area contributed by atoms with Crippen molar-refractivity contribution < 1.29 is 17.9 Å². The van der Waals surface area contributed by atoms with Gasteiger partial charge in [0.1, 0.15) is 5.75 Å². The molecule has 5 rings (SSSR count). The van der Waals surface area contributed by atoms with E-state index in [2.05, 4.69) is 19.7 Å². The van der Waals surface area contributed by atoms with E-state index < -0.39 is 21.3 Å². The summed E-state index contributed by atoms with van der Waals surface area (Å²) >= 11 is 0. The number of benzene rings is 2. The van der Waals surface area contributed by atoms with Crippen LogP contribution in [0.3, 0.4) is 0 Å². The maximum absolute atomic E-state index is 14.0. The van der Waals surface area contributed by atoms with Gasteiger partial charge in [-0.15, -0.1) is 0 Å². The van der Waals surface area contributed by atoms with Gasteiger partial charge in [0.25, 0.3) is 10.0 Å². The van der Waals surface area contributed by atoms with Gasteiger partial charge in [-0.3, -0.25) is 19.7 Å². The molecule has 1 N–H and O–H groups in total. The first-order valence-corrected chi connectivity index (χ1v) is 14.0. The number of nitrogens with one attached hydrogen (secondary N) is 1. The molecule has 196 valence electrons. The van der Waals surface area contributed by atoms with Gasteiger partial charge in [0.15, 0.2) is 0 Å². The predicted octanol–water partition coefficient (Wildman–Crippen LogP) is 4.70. The van der Waals surface area contributed by atoms with Crippen molar-refractivity contribution in [1.82, 2.24) is 19.7 Å². The lowest BCUT2D eigenvalue weighted by Crippen LogP contribution is -2.40. The van der Waals surface area contributed by atoms with Crippen LogP contribution in [0.15, 0.2) is 65.8 Å². The fourth-order valence-corrected chi connectivity index (χ4v) is 6.27. The quantitative estimate of drug-likeness (QED) is 0.369. The summed E-state index contributed by atoms with van der Waals surface area (Å²) in [5.41, 5.74) is 3.17. The molecule has 1 fully saturated rings. The molecule has 9 heteroatoms. The van der Waals surface area contributed by atoms with Gasteiger partial charge < -0.3 is 4.74 Å². The van der Waals surface area contributed by atoms with E-state index in [0.29, 0.717) is 34.3 Å². The highest BCUT2D eigenvalue weighted by Gasteiger charge is 2.64. The number of aromatic nitrogens is 3. The summed E-state index contributed by atoms with van der Waals surface area (Å²) in [6.45, 7) is 7.83. The van der Waals surface area contributed by atoms with Gasteiger partial charge in [-0.05, 0) is 56.5 Å². The second-order valence-electron chi connectivity index (χ2n) is 10.2. The number of fused-ring (bicyclic) bond motifs is 1. The Labute approximate surface area is 222 Å². The SMILES string of the molecule is COc1ccc(C)cc1C1(C(=O)NS(=O)(=O)c2cccc3nc(C)ccc23)CC1c1cnc(C(C)C)cn1. The number of amides is 1. The molecule has 38 heavy (non-hydrogen) atoms. The first-order valence-electron chi connectivity index (χ1n) is 12.5. The van der Waals surface area contributed by atoms with Crippen LogP contribution in [0.1, 0.15) is 60.3 Å². The van der Waals surface area contributed by atoms with E-state index in [4.69, 9.17) is 4.74 Å². The Balaban J connectivity index is 1.58. The lowest BCUT2D eigenvalue weighted by Gasteiger charge is -2.21. The van der Waals surface area contributed by atoms with E-state index >= 15 is 0 Å². The smallest absolute Gasteiger partial charge is 0.264 e. The van der Waals surface area contributed by atoms with Gasteiger partial charge in [0, 0.05) is 35.0 Å². The van der Waals surface area contributed by atoms with Crippen molar-refractivity contribution in [3.8, 4) is 5.75 Å².